The normalized spacial score (nSPS) is 11.9. The van der Waals surface area contributed by atoms with Gasteiger partial charge in [-0.25, -0.2) is 17.5 Å². The van der Waals surface area contributed by atoms with Gasteiger partial charge in [0.2, 0.25) is 15.9 Å². The molecule has 0 amide bonds. The second-order valence-corrected chi connectivity index (χ2v) is 8.12. The predicted octanol–water partition coefficient (Wildman–Crippen LogP) is 3.52. The van der Waals surface area contributed by atoms with Crippen LogP contribution in [0.15, 0.2) is 57.8 Å². The van der Waals surface area contributed by atoms with Gasteiger partial charge in [0, 0.05) is 13.0 Å². The van der Waals surface area contributed by atoms with Crippen molar-refractivity contribution >= 4 is 10.0 Å². The average Bonchev–Trinajstić information content (AvgIpc) is 3.10. The van der Waals surface area contributed by atoms with Crippen molar-refractivity contribution in [2.45, 2.75) is 31.1 Å². The summed E-state index contributed by atoms with van der Waals surface area (Å²) in [4.78, 5) is 0.199. The zero-order valence-corrected chi connectivity index (χ0v) is 15.8. The van der Waals surface area contributed by atoms with Crippen LogP contribution in [0, 0.1) is 5.82 Å². The minimum atomic E-state index is -3.62. The molecule has 0 saturated heterocycles. The minimum absolute atomic E-state index is 0.0650. The fraction of sp³-hybridized carbons (Fsp3) is 0.263. The molecule has 1 heterocycles. The van der Waals surface area contributed by atoms with Crippen molar-refractivity contribution in [1.29, 1.82) is 0 Å². The number of rotatable bonds is 7. The average molecular weight is 389 g/mol. The first kappa shape index (κ1) is 19.2. The number of nitrogens with zero attached hydrogens (tertiary/aromatic N) is 2. The van der Waals surface area contributed by atoms with Gasteiger partial charge < -0.3 is 4.42 Å². The Labute approximate surface area is 157 Å². The maximum atomic E-state index is 13.7. The van der Waals surface area contributed by atoms with E-state index in [1.54, 1.807) is 36.4 Å². The van der Waals surface area contributed by atoms with Crippen LogP contribution in [0.4, 0.5) is 4.39 Å². The standard InChI is InChI=1S/C19H20FN3O3S/c1-13(2)14-7-9-15(10-8-14)27(24,25)21-12-11-18-22-23-19(26-18)16-5-3-4-6-17(16)20/h3-10,13,21H,11-12H2,1-2H3. The summed E-state index contributed by atoms with van der Waals surface area (Å²) >= 11 is 0. The number of aromatic nitrogens is 2. The number of halogens is 1. The fourth-order valence-electron chi connectivity index (χ4n) is 2.51. The molecule has 142 valence electrons. The molecule has 0 unspecified atom stereocenters. The van der Waals surface area contributed by atoms with Crippen LogP contribution >= 0.6 is 0 Å². The highest BCUT2D eigenvalue weighted by Crippen LogP contribution is 2.21. The number of hydrogen-bond donors (Lipinski definition) is 1. The molecule has 8 heteroatoms. The summed E-state index contributed by atoms with van der Waals surface area (Å²) in [5.74, 6) is 0.162. The zero-order valence-electron chi connectivity index (χ0n) is 15.0. The maximum Gasteiger partial charge on any atom is 0.250 e. The summed E-state index contributed by atoms with van der Waals surface area (Å²) in [6.07, 6.45) is 0.199. The van der Waals surface area contributed by atoms with E-state index in [4.69, 9.17) is 4.42 Å². The molecule has 0 bridgehead atoms. The van der Waals surface area contributed by atoms with E-state index in [1.165, 1.54) is 12.1 Å². The molecule has 1 aromatic heterocycles. The second-order valence-electron chi connectivity index (χ2n) is 6.35. The van der Waals surface area contributed by atoms with E-state index < -0.39 is 15.8 Å². The van der Waals surface area contributed by atoms with E-state index >= 15 is 0 Å². The quantitative estimate of drug-likeness (QED) is 0.668. The first-order chi connectivity index (χ1) is 12.9. The van der Waals surface area contributed by atoms with Crippen LogP contribution in [0.2, 0.25) is 0 Å². The van der Waals surface area contributed by atoms with Crippen LogP contribution in [0.3, 0.4) is 0 Å². The van der Waals surface area contributed by atoms with Crippen LogP contribution < -0.4 is 4.72 Å². The highest BCUT2D eigenvalue weighted by atomic mass is 32.2. The SMILES string of the molecule is CC(C)c1ccc(S(=O)(=O)NCCc2nnc(-c3ccccc3F)o2)cc1. The smallest absolute Gasteiger partial charge is 0.250 e. The van der Waals surface area contributed by atoms with Gasteiger partial charge in [0.15, 0.2) is 0 Å². The van der Waals surface area contributed by atoms with E-state index in [-0.39, 0.29) is 35.2 Å². The van der Waals surface area contributed by atoms with Crippen LogP contribution in [0.1, 0.15) is 31.2 Å². The van der Waals surface area contributed by atoms with Gasteiger partial charge in [0.05, 0.1) is 10.5 Å². The summed E-state index contributed by atoms with van der Waals surface area (Å²) in [5.41, 5.74) is 1.28. The molecular formula is C19H20FN3O3S. The lowest BCUT2D eigenvalue weighted by Crippen LogP contribution is -2.26. The molecule has 0 spiro atoms. The van der Waals surface area contributed by atoms with E-state index in [9.17, 15) is 12.8 Å². The number of hydrogen-bond acceptors (Lipinski definition) is 5. The van der Waals surface area contributed by atoms with Crippen molar-refractivity contribution in [3.8, 4) is 11.5 Å². The van der Waals surface area contributed by atoms with E-state index in [0.717, 1.165) is 5.56 Å². The second kappa shape index (κ2) is 7.98. The molecule has 0 aliphatic heterocycles. The lowest BCUT2D eigenvalue weighted by atomic mass is 10.0. The summed E-state index contributed by atoms with van der Waals surface area (Å²) in [6, 6.07) is 12.9. The molecule has 0 fully saturated rings. The topological polar surface area (TPSA) is 85.1 Å². The molecule has 3 aromatic rings. The zero-order chi connectivity index (χ0) is 19.4. The van der Waals surface area contributed by atoms with Crippen molar-refractivity contribution in [2.24, 2.45) is 0 Å². The number of sulfonamides is 1. The van der Waals surface area contributed by atoms with E-state index in [0.29, 0.717) is 5.92 Å². The van der Waals surface area contributed by atoms with Gasteiger partial charge in [-0.2, -0.15) is 0 Å². The Morgan fingerprint density at radius 3 is 2.44 bits per heavy atom. The van der Waals surface area contributed by atoms with E-state index in [1.807, 2.05) is 13.8 Å². The Hall–Kier alpha value is -2.58. The number of nitrogens with one attached hydrogen (secondary N) is 1. The summed E-state index contributed by atoms with van der Waals surface area (Å²) < 4.78 is 46.4. The van der Waals surface area contributed by atoms with Crippen LogP contribution in [-0.2, 0) is 16.4 Å². The van der Waals surface area contributed by atoms with Gasteiger partial charge in [-0.3, -0.25) is 0 Å². The molecule has 1 N–H and O–H groups in total. The fourth-order valence-corrected chi connectivity index (χ4v) is 3.54. The molecular weight excluding hydrogens is 369 g/mol. The Morgan fingerprint density at radius 1 is 1.07 bits per heavy atom. The highest BCUT2D eigenvalue weighted by molar-refractivity contribution is 7.89. The van der Waals surface area contributed by atoms with E-state index in [2.05, 4.69) is 14.9 Å². The maximum absolute atomic E-state index is 13.7. The molecule has 0 radical (unpaired) electrons. The van der Waals surface area contributed by atoms with Crippen molar-refractivity contribution in [1.82, 2.24) is 14.9 Å². The molecule has 3 rings (SSSR count). The Bertz CT molecular complexity index is 1010. The van der Waals surface area contributed by atoms with Crippen molar-refractivity contribution in [3.63, 3.8) is 0 Å². The first-order valence-corrected chi connectivity index (χ1v) is 10.0. The molecule has 0 aliphatic carbocycles. The van der Waals surface area contributed by atoms with Gasteiger partial charge in [-0.05, 0) is 35.7 Å². The van der Waals surface area contributed by atoms with Crippen molar-refractivity contribution < 1.29 is 17.2 Å². The molecule has 0 saturated carbocycles. The van der Waals surface area contributed by atoms with Crippen LogP contribution in [0.5, 0.6) is 0 Å². The predicted molar refractivity (Wildman–Crippen MR) is 99.1 cm³/mol. The molecule has 0 atom stereocenters. The van der Waals surface area contributed by atoms with Gasteiger partial charge in [0.1, 0.15) is 5.82 Å². The third kappa shape index (κ3) is 4.58. The van der Waals surface area contributed by atoms with Gasteiger partial charge in [0.25, 0.3) is 5.89 Å². The monoisotopic (exact) mass is 389 g/mol. The Balaban J connectivity index is 1.62. The third-order valence-corrected chi connectivity index (χ3v) is 5.54. The summed E-state index contributed by atoms with van der Waals surface area (Å²) in [6.45, 7) is 4.18. The van der Waals surface area contributed by atoms with Crippen LogP contribution in [0.25, 0.3) is 11.5 Å². The lowest BCUT2D eigenvalue weighted by molar-refractivity contribution is 0.498. The van der Waals surface area contributed by atoms with Crippen LogP contribution in [-0.4, -0.2) is 25.2 Å². The Morgan fingerprint density at radius 2 is 1.78 bits per heavy atom. The van der Waals surface area contributed by atoms with Gasteiger partial charge in [-0.15, -0.1) is 10.2 Å². The van der Waals surface area contributed by atoms with Gasteiger partial charge >= 0.3 is 0 Å². The highest BCUT2D eigenvalue weighted by Gasteiger charge is 2.16. The molecule has 2 aromatic carbocycles. The number of benzene rings is 2. The van der Waals surface area contributed by atoms with Gasteiger partial charge in [-0.1, -0.05) is 38.1 Å². The largest absolute Gasteiger partial charge is 0.421 e. The minimum Gasteiger partial charge on any atom is -0.421 e. The summed E-state index contributed by atoms with van der Waals surface area (Å²) in [7, 11) is -3.62. The van der Waals surface area contributed by atoms with Crippen molar-refractivity contribution in [3.05, 3.63) is 65.8 Å². The first-order valence-electron chi connectivity index (χ1n) is 8.54. The van der Waals surface area contributed by atoms with Crippen molar-refractivity contribution in [2.75, 3.05) is 6.54 Å². The third-order valence-electron chi connectivity index (χ3n) is 4.06. The molecule has 6 nitrogen and oxygen atoms in total. The lowest BCUT2D eigenvalue weighted by Gasteiger charge is -2.08. The molecule has 27 heavy (non-hydrogen) atoms. The molecule has 0 aliphatic rings. The summed E-state index contributed by atoms with van der Waals surface area (Å²) in [5, 5.41) is 7.65. The Kier molecular flexibility index (Phi) is 5.67.